The summed E-state index contributed by atoms with van der Waals surface area (Å²) >= 11 is 0. The minimum atomic E-state index is 0.669. The molecule has 0 aliphatic carbocycles. The predicted molar refractivity (Wildman–Crippen MR) is 40.9 cm³/mol. The Hall–Kier alpha value is -0.480. The van der Waals surface area contributed by atoms with Gasteiger partial charge in [0, 0.05) is 6.42 Å². The molecule has 9 heavy (non-hydrogen) atoms. The second-order valence-electron chi connectivity index (χ2n) is 2.31. The van der Waals surface area contributed by atoms with Crippen molar-refractivity contribution in [3.8, 4) is 11.8 Å². The molecule has 1 unspecified atom stereocenters. The Labute approximate surface area is 57.6 Å². The van der Waals surface area contributed by atoms with Gasteiger partial charge in [0.25, 0.3) is 0 Å². The fraction of sp³-hybridized carbons (Fsp3) is 0.750. The van der Waals surface area contributed by atoms with Gasteiger partial charge in [0.1, 0.15) is 0 Å². The van der Waals surface area contributed by atoms with Gasteiger partial charge in [-0.2, -0.15) is 0 Å². The van der Waals surface area contributed by atoms with Crippen LogP contribution in [-0.2, 0) is 0 Å². The topological polar surface area (TPSA) is 26.0 Å². The molecule has 0 radical (unpaired) electrons. The van der Waals surface area contributed by atoms with E-state index in [0.29, 0.717) is 5.92 Å². The molecular formula is C8H15N. The molecule has 1 heteroatoms. The van der Waals surface area contributed by atoms with E-state index in [-0.39, 0.29) is 0 Å². The maximum Gasteiger partial charge on any atom is 0.0115 e. The highest BCUT2D eigenvalue weighted by molar-refractivity contribution is 4.95. The molecule has 0 spiro atoms. The Morgan fingerprint density at radius 1 is 1.56 bits per heavy atom. The van der Waals surface area contributed by atoms with E-state index in [0.717, 1.165) is 19.4 Å². The van der Waals surface area contributed by atoms with Gasteiger partial charge in [-0.25, -0.2) is 0 Å². The Balaban J connectivity index is 3.22. The Morgan fingerprint density at radius 2 is 2.22 bits per heavy atom. The molecular weight excluding hydrogens is 110 g/mol. The summed E-state index contributed by atoms with van der Waals surface area (Å²) in [5.41, 5.74) is 5.35. The Bertz CT molecular complexity index is 107. The summed E-state index contributed by atoms with van der Waals surface area (Å²) in [6, 6.07) is 0. The monoisotopic (exact) mass is 125 g/mol. The van der Waals surface area contributed by atoms with Crippen LogP contribution in [0.25, 0.3) is 0 Å². The highest BCUT2D eigenvalue weighted by Gasteiger charge is 1.95. The van der Waals surface area contributed by atoms with Crippen LogP contribution in [0.4, 0.5) is 0 Å². The van der Waals surface area contributed by atoms with E-state index in [1.807, 2.05) is 6.92 Å². The van der Waals surface area contributed by atoms with Crippen LogP contribution in [0.5, 0.6) is 0 Å². The second kappa shape index (κ2) is 5.65. The van der Waals surface area contributed by atoms with Crippen LogP contribution in [0, 0.1) is 17.8 Å². The maximum absolute atomic E-state index is 5.35. The van der Waals surface area contributed by atoms with Crippen LogP contribution in [0.15, 0.2) is 0 Å². The van der Waals surface area contributed by atoms with Crippen molar-refractivity contribution in [3.63, 3.8) is 0 Å². The lowest BCUT2D eigenvalue weighted by molar-refractivity contribution is 0.556. The summed E-state index contributed by atoms with van der Waals surface area (Å²) in [6.45, 7) is 4.83. The van der Waals surface area contributed by atoms with E-state index in [1.165, 1.54) is 0 Å². The van der Waals surface area contributed by atoms with Crippen molar-refractivity contribution >= 4 is 0 Å². The summed E-state index contributed by atoms with van der Waals surface area (Å²) < 4.78 is 0. The minimum Gasteiger partial charge on any atom is -0.330 e. The lowest BCUT2D eigenvalue weighted by atomic mass is 10.1. The Morgan fingerprint density at radius 3 is 2.67 bits per heavy atom. The van der Waals surface area contributed by atoms with Gasteiger partial charge in [-0.3, -0.25) is 0 Å². The molecule has 0 amide bonds. The first-order valence-electron chi connectivity index (χ1n) is 3.41. The zero-order valence-corrected chi connectivity index (χ0v) is 6.28. The van der Waals surface area contributed by atoms with Crippen LogP contribution >= 0.6 is 0 Å². The van der Waals surface area contributed by atoms with Gasteiger partial charge in [-0.05, 0) is 25.8 Å². The molecule has 2 N–H and O–H groups in total. The zero-order chi connectivity index (χ0) is 7.11. The molecule has 0 aromatic rings. The van der Waals surface area contributed by atoms with Crippen molar-refractivity contribution in [2.24, 2.45) is 11.7 Å². The SMILES string of the molecule is CC#CCC(C)CCN. The van der Waals surface area contributed by atoms with Crippen molar-refractivity contribution in [2.75, 3.05) is 6.54 Å². The normalized spacial score (nSPS) is 11.9. The average molecular weight is 125 g/mol. The van der Waals surface area contributed by atoms with Gasteiger partial charge in [0.2, 0.25) is 0 Å². The molecule has 0 aliphatic heterocycles. The van der Waals surface area contributed by atoms with Gasteiger partial charge in [-0.15, -0.1) is 11.8 Å². The first-order valence-corrected chi connectivity index (χ1v) is 3.41. The molecule has 0 saturated heterocycles. The molecule has 1 atom stereocenters. The molecule has 52 valence electrons. The van der Waals surface area contributed by atoms with Gasteiger partial charge in [-0.1, -0.05) is 6.92 Å². The highest BCUT2D eigenvalue weighted by atomic mass is 14.5. The van der Waals surface area contributed by atoms with Gasteiger partial charge >= 0.3 is 0 Å². The van der Waals surface area contributed by atoms with Gasteiger partial charge in [0.05, 0.1) is 0 Å². The van der Waals surface area contributed by atoms with Crippen LogP contribution in [-0.4, -0.2) is 6.54 Å². The minimum absolute atomic E-state index is 0.669. The van der Waals surface area contributed by atoms with Crippen molar-refractivity contribution in [2.45, 2.75) is 26.7 Å². The van der Waals surface area contributed by atoms with E-state index in [4.69, 9.17) is 5.73 Å². The molecule has 0 fully saturated rings. The lowest BCUT2D eigenvalue weighted by Crippen LogP contribution is -2.04. The smallest absolute Gasteiger partial charge is 0.0115 e. The van der Waals surface area contributed by atoms with Crippen molar-refractivity contribution in [1.29, 1.82) is 0 Å². The number of hydrogen-bond acceptors (Lipinski definition) is 1. The van der Waals surface area contributed by atoms with E-state index in [9.17, 15) is 0 Å². The molecule has 0 heterocycles. The second-order valence-corrected chi connectivity index (χ2v) is 2.31. The summed E-state index contributed by atoms with van der Waals surface area (Å²) in [5, 5.41) is 0. The van der Waals surface area contributed by atoms with Crippen molar-refractivity contribution in [3.05, 3.63) is 0 Å². The summed E-state index contributed by atoms with van der Waals surface area (Å²) in [5.74, 6) is 6.56. The van der Waals surface area contributed by atoms with Crippen LogP contribution in [0.1, 0.15) is 26.7 Å². The number of rotatable bonds is 3. The highest BCUT2D eigenvalue weighted by Crippen LogP contribution is 2.03. The third kappa shape index (κ3) is 5.39. The molecule has 0 aromatic heterocycles. The number of nitrogens with two attached hydrogens (primary N) is 1. The quantitative estimate of drug-likeness (QED) is 0.567. The fourth-order valence-corrected chi connectivity index (χ4v) is 0.663. The maximum atomic E-state index is 5.35. The summed E-state index contributed by atoms with van der Waals surface area (Å²) in [4.78, 5) is 0. The molecule has 0 bridgehead atoms. The standard InChI is InChI=1S/C8H15N/c1-3-4-5-8(2)6-7-9/h8H,5-7,9H2,1-2H3. The number of hydrogen-bond donors (Lipinski definition) is 1. The fourth-order valence-electron chi connectivity index (χ4n) is 0.663. The third-order valence-corrected chi connectivity index (χ3v) is 1.29. The van der Waals surface area contributed by atoms with Crippen molar-refractivity contribution < 1.29 is 0 Å². The lowest BCUT2D eigenvalue weighted by Gasteiger charge is -2.02. The van der Waals surface area contributed by atoms with Crippen LogP contribution in [0.3, 0.4) is 0 Å². The van der Waals surface area contributed by atoms with Gasteiger partial charge in [0.15, 0.2) is 0 Å². The summed E-state index contributed by atoms with van der Waals surface area (Å²) in [7, 11) is 0. The average Bonchev–Trinajstić information content (AvgIpc) is 1.85. The molecule has 0 rings (SSSR count). The first-order chi connectivity index (χ1) is 4.31. The van der Waals surface area contributed by atoms with Crippen LogP contribution < -0.4 is 5.73 Å². The van der Waals surface area contributed by atoms with E-state index in [1.54, 1.807) is 0 Å². The first kappa shape index (κ1) is 8.52. The van der Waals surface area contributed by atoms with E-state index >= 15 is 0 Å². The van der Waals surface area contributed by atoms with E-state index in [2.05, 4.69) is 18.8 Å². The molecule has 0 aromatic carbocycles. The third-order valence-electron chi connectivity index (χ3n) is 1.29. The predicted octanol–water partition coefficient (Wildman–Crippen LogP) is 1.38. The largest absolute Gasteiger partial charge is 0.330 e. The van der Waals surface area contributed by atoms with Gasteiger partial charge < -0.3 is 5.73 Å². The van der Waals surface area contributed by atoms with Crippen LogP contribution in [0.2, 0.25) is 0 Å². The zero-order valence-electron chi connectivity index (χ0n) is 6.28. The molecule has 1 nitrogen and oxygen atoms in total. The summed E-state index contributed by atoms with van der Waals surface area (Å²) in [6.07, 6.45) is 2.09. The van der Waals surface area contributed by atoms with Crippen molar-refractivity contribution in [1.82, 2.24) is 0 Å². The Kier molecular flexibility index (Phi) is 5.35. The van der Waals surface area contributed by atoms with E-state index < -0.39 is 0 Å². The molecule has 0 aliphatic rings. The molecule has 0 saturated carbocycles.